The molecule has 0 aliphatic heterocycles. The van der Waals surface area contributed by atoms with Gasteiger partial charge in [0, 0.05) is 16.6 Å². The number of carbonyl (C=O) groups excluding carboxylic acids is 1. The van der Waals surface area contributed by atoms with Gasteiger partial charge < -0.3 is 10.8 Å². The molecule has 0 aliphatic carbocycles. The van der Waals surface area contributed by atoms with E-state index in [1.807, 2.05) is 0 Å². The zero-order chi connectivity index (χ0) is 13.7. The van der Waals surface area contributed by atoms with Crippen LogP contribution in [-0.4, -0.2) is 35.0 Å². The zero-order valence-electron chi connectivity index (χ0n) is 9.40. The molecule has 0 saturated heterocycles. The highest BCUT2D eigenvalue weighted by Crippen LogP contribution is 2.22. The Morgan fingerprint density at radius 3 is 2.44 bits per heavy atom. The molecule has 18 heavy (non-hydrogen) atoms. The smallest absolute Gasteiger partial charge is 0.317 e. The number of benzene rings is 1. The molecule has 7 heteroatoms. The van der Waals surface area contributed by atoms with Gasteiger partial charge in [-0.05, 0) is 17.7 Å². The minimum atomic E-state index is -1.04. The number of nitrogens with two attached hydrogens (primary N) is 1. The Bertz CT molecular complexity index is 450. The third kappa shape index (κ3) is 4.91. The quantitative estimate of drug-likeness (QED) is 0.829. The summed E-state index contributed by atoms with van der Waals surface area (Å²) in [6.45, 7) is -0.224. The molecule has 0 saturated carbocycles. The number of carboxylic acid groups (broad SMARTS) is 1. The molecule has 98 valence electrons. The maximum absolute atomic E-state index is 10.9. The van der Waals surface area contributed by atoms with E-state index in [2.05, 4.69) is 0 Å². The van der Waals surface area contributed by atoms with Crippen molar-refractivity contribution in [2.75, 3.05) is 13.1 Å². The van der Waals surface area contributed by atoms with Crippen LogP contribution in [0.15, 0.2) is 18.2 Å². The van der Waals surface area contributed by atoms with E-state index >= 15 is 0 Å². The fourth-order valence-corrected chi connectivity index (χ4v) is 1.94. The van der Waals surface area contributed by atoms with E-state index in [0.29, 0.717) is 15.6 Å². The number of amides is 1. The van der Waals surface area contributed by atoms with E-state index < -0.39 is 11.9 Å². The number of carbonyl (C=O) groups is 2. The first-order chi connectivity index (χ1) is 8.38. The molecule has 0 aliphatic rings. The van der Waals surface area contributed by atoms with E-state index in [4.69, 9.17) is 34.0 Å². The van der Waals surface area contributed by atoms with Crippen molar-refractivity contribution in [3.05, 3.63) is 33.8 Å². The Balaban J connectivity index is 2.81. The van der Waals surface area contributed by atoms with E-state index in [0.717, 1.165) is 0 Å². The van der Waals surface area contributed by atoms with Gasteiger partial charge in [-0.15, -0.1) is 0 Å². The standard InChI is InChI=1S/C11H12Cl2N2O3/c12-8-2-1-7(9(13)3-8)4-15(5-10(14)16)6-11(17)18/h1-3H,4-6H2,(H2,14,16)(H,17,18). The maximum atomic E-state index is 10.9. The molecule has 1 amide bonds. The summed E-state index contributed by atoms with van der Waals surface area (Å²) < 4.78 is 0. The van der Waals surface area contributed by atoms with Crippen LogP contribution in [0.4, 0.5) is 0 Å². The summed E-state index contributed by atoms with van der Waals surface area (Å²) in [4.78, 5) is 22.9. The van der Waals surface area contributed by atoms with Crippen molar-refractivity contribution in [1.29, 1.82) is 0 Å². The predicted molar refractivity (Wildman–Crippen MR) is 68.6 cm³/mol. The van der Waals surface area contributed by atoms with Gasteiger partial charge in [-0.25, -0.2) is 0 Å². The van der Waals surface area contributed by atoms with Crippen molar-refractivity contribution in [2.24, 2.45) is 5.73 Å². The number of aliphatic carboxylic acids is 1. The summed E-state index contributed by atoms with van der Waals surface area (Å²) in [5.41, 5.74) is 5.74. The normalized spacial score (nSPS) is 10.6. The van der Waals surface area contributed by atoms with Crippen LogP contribution in [0.3, 0.4) is 0 Å². The minimum absolute atomic E-state index is 0.148. The van der Waals surface area contributed by atoms with E-state index in [1.54, 1.807) is 18.2 Å². The van der Waals surface area contributed by atoms with Gasteiger partial charge in [-0.1, -0.05) is 29.3 Å². The molecule has 0 spiro atoms. The molecule has 0 radical (unpaired) electrons. The predicted octanol–water partition coefficient (Wildman–Crippen LogP) is 1.37. The number of rotatable bonds is 6. The molecule has 0 bridgehead atoms. The van der Waals surface area contributed by atoms with Crippen molar-refractivity contribution in [1.82, 2.24) is 4.90 Å². The molecule has 0 atom stereocenters. The lowest BCUT2D eigenvalue weighted by molar-refractivity contribution is -0.138. The summed E-state index contributed by atoms with van der Waals surface area (Å²) in [6.07, 6.45) is 0. The minimum Gasteiger partial charge on any atom is -0.480 e. The average Bonchev–Trinajstić information content (AvgIpc) is 2.20. The highest BCUT2D eigenvalue weighted by molar-refractivity contribution is 6.35. The third-order valence-corrected chi connectivity index (χ3v) is 2.73. The van der Waals surface area contributed by atoms with E-state index in [1.165, 1.54) is 4.90 Å². The molecule has 1 rings (SSSR count). The zero-order valence-corrected chi connectivity index (χ0v) is 10.9. The average molecular weight is 291 g/mol. The Hall–Kier alpha value is -1.30. The second-order valence-corrected chi connectivity index (χ2v) is 4.58. The summed E-state index contributed by atoms with van der Waals surface area (Å²) in [7, 11) is 0. The summed E-state index contributed by atoms with van der Waals surface area (Å²) >= 11 is 11.7. The van der Waals surface area contributed by atoms with Crippen LogP contribution in [0.5, 0.6) is 0 Å². The molecule has 0 aromatic heterocycles. The van der Waals surface area contributed by atoms with Crippen LogP contribution in [0.1, 0.15) is 5.56 Å². The third-order valence-electron chi connectivity index (χ3n) is 2.15. The van der Waals surface area contributed by atoms with Gasteiger partial charge in [0.1, 0.15) is 0 Å². The molecular formula is C11H12Cl2N2O3. The number of hydrogen-bond donors (Lipinski definition) is 2. The summed E-state index contributed by atoms with van der Waals surface area (Å²) in [6, 6.07) is 4.88. The second-order valence-electron chi connectivity index (χ2n) is 3.74. The molecule has 0 fully saturated rings. The lowest BCUT2D eigenvalue weighted by Gasteiger charge is -2.19. The van der Waals surface area contributed by atoms with Gasteiger partial charge in [0.25, 0.3) is 0 Å². The number of halogens is 2. The molecule has 0 unspecified atom stereocenters. The topological polar surface area (TPSA) is 83.6 Å². The molecule has 5 nitrogen and oxygen atoms in total. The van der Waals surface area contributed by atoms with Crippen LogP contribution in [0.25, 0.3) is 0 Å². The van der Waals surface area contributed by atoms with Crippen LogP contribution in [0.2, 0.25) is 10.0 Å². The van der Waals surface area contributed by atoms with Gasteiger partial charge in [0.2, 0.25) is 5.91 Å². The summed E-state index contributed by atoms with van der Waals surface area (Å²) in [5.74, 6) is -1.64. The van der Waals surface area contributed by atoms with Crippen LogP contribution in [-0.2, 0) is 16.1 Å². The fourth-order valence-electron chi connectivity index (χ4n) is 1.47. The van der Waals surface area contributed by atoms with Gasteiger partial charge >= 0.3 is 5.97 Å². The Kier molecular flexibility index (Phi) is 5.40. The van der Waals surface area contributed by atoms with E-state index in [-0.39, 0.29) is 19.6 Å². The molecule has 1 aromatic rings. The SMILES string of the molecule is NC(=O)CN(CC(=O)O)Cc1ccc(Cl)cc1Cl. The van der Waals surface area contributed by atoms with Gasteiger partial charge in [0.05, 0.1) is 13.1 Å². The molecule has 3 N–H and O–H groups in total. The van der Waals surface area contributed by atoms with Crippen molar-refractivity contribution in [2.45, 2.75) is 6.54 Å². The van der Waals surface area contributed by atoms with Crippen molar-refractivity contribution < 1.29 is 14.7 Å². The Morgan fingerprint density at radius 1 is 1.28 bits per heavy atom. The van der Waals surface area contributed by atoms with Gasteiger partial charge in [-0.3, -0.25) is 14.5 Å². The highest BCUT2D eigenvalue weighted by atomic mass is 35.5. The largest absolute Gasteiger partial charge is 0.480 e. The van der Waals surface area contributed by atoms with Crippen molar-refractivity contribution >= 4 is 35.1 Å². The van der Waals surface area contributed by atoms with Crippen LogP contribution < -0.4 is 5.73 Å². The van der Waals surface area contributed by atoms with Crippen molar-refractivity contribution in [3.63, 3.8) is 0 Å². The Morgan fingerprint density at radius 2 is 1.94 bits per heavy atom. The monoisotopic (exact) mass is 290 g/mol. The first kappa shape index (κ1) is 14.8. The molecule has 1 aromatic carbocycles. The molecular weight excluding hydrogens is 279 g/mol. The fraction of sp³-hybridized carbons (Fsp3) is 0.273. The number of primary amides is 1. The maximum Gasteiger partial charge on any atom is 0.317 e. The first-order valence-corrected chi connectivity index (χ1v) is 5.80. The highest BCUT2D eigenvalue weighted by Gasteiger charge is 2.14. The Labute approximate surface area is 114 Å². The molecule has 0 heterocycles. The first-order valence-electron chi connectivity index (χ1n) is 5.05. The second kappa shape index (κ2) is 6.58. The number of carboxylic acids is 1. The van der Waals surface area contributed by atoms with Crippen LogP contribution >= 0.6 is 23.2 Å². The van der Waals surface area contributed by atoms with Crippen LogP contribution in [0, 0.1) is 0 Å². The number of hydrogen-bond acceptors (Lipinski definition) is 3. The van der Waals surface area contributed by atoms with E-state index in [9.17, 15) is 9.59 Å². The van der Waals surface area contributed by atoms with Gasteiger partial charge in [0.15, 0.2) is 0 Å². The lowest BCUT2D eigenvalue weighted by atomic mass is 10.2. The van der Waals surface area contributed by atoms with Crippen molar-refractivity contribution in [3.8, 4) is 0 Å². The lowest BCUT2D eigenvalue weighted by Crippen LogP contribution is -2.36. The number of nitrogens with zero attached hydrogens (tertiary/aromatic N) is 1. The van der Waals surface area contributed by atoms with Gasteiger partial charge in [-0.2, -0.15) is 0 Å². The summed E-state index contributed by atoms with van der Waals surface area (Å²) in [5, 5.41) is 9.65.